The third-order valence-corrected chi connectivity index (χ3v) is 7.49. The van der Waals surface area contributed by atoms with Crippen molar-refractivity contribution in [1.29, 1.82) is 0 Å². The number of rotatable bonds is 11. The standard InChI is InChI=1S/C25H36ClN5O/c26-23-7-6-21(29-12-11-27-10-3-14-31-15-13-28-19-31)16-22(23)24(32)30-18-25-8-1-4-20(17-25)5-2-9-25/h6-7,13,15-16,19-20,27,29H,1-5,8-12,14,17-18H2,(H,30,32). The molecule has 1 amide bonds. The smallest absolute Gasteiger partial charge is 0.252 e. The molecular formula is C25H36ClN5O. The zero-order valence-electron chi connectivity index (χ0n) is 18.9. The SMILES string of the molecule is O=C(NCC12CCCC(CCC1)C2)c1cc(NCCNCCCn2ccnc2)ccc1Cl. The van der Waals surface area contributed by atoms with Gasteiger partial charge in [-0.15, -0.1) is 0 Å². The van der Waals surface area contributed by atoms with Crippen molar-refractivity contribution in [1.82, 2.24) is 20.2 Å². The lowest BCUT2D eigenvalue weighted by Crippen LogP contribution is -2.43. The molecule has 2 aliphatic carbocycles. The predicted octanol–water partition coefficient (Wildman–Crippen LogP) is 4.72. The largest absolute Gasteiger partial charge is 0.384 e. The van der Waals surface area contributed by atoms with Gasteiger partial charge in [-0.05, 0) is 61.8 Å². The molecule has 0 radical (unpaired) electrons. The van der Waals surface area contributed by atoms with Gasteiger partial charge in [0.1, 0.15) is 0 Å². The second-order valence-corrected chi connectivity index (χ2v) is 9.97. The number of hydrogen-bond acceptors (Lipinski definition) is 4. The second-order valence-electron chi connectivity index (χ2n) is 9.56. The Bertz CT molecular complexity index is 859. The summed E-state index contributed by atoms with van der Waals surface area (Å²) >= 11 is 6.37. The molecule has 0 spiro atoms. The molecule has 0 aliphatic heterocycles. The van der Waals surface area contributed by atoms with Crippen molar-refractivity contribution in [2.45, 2.75) is 57.9 Å². The van der Waals surface area contributed by atoms with Crippen LogP contribution < -0.4 is 16.0 Å². The number of aryl methyl sites for hydroxylation is 1. The Labute approximate surface area is 196 Å². The molecule has 2 aliphatic rings. The van der Waals surface area contributed by atoms with Crippen LogP contribution in [-0.4, -0.2) is 41.6 Å². The van der Waals surface area contributed by atoms with E-state index in [1.165, 1.54) is 44.9 Å². The van der Waals surface area contributed by atoms with E-state index in [9.17, 15) is 4.79 Å². The van der Waals surface area contributed by atoms with E-state index in [4.69, 9.17) is 11.6 Å². The number of carbonyl (C=O) groups excluding carboxylic acids is 1. The quantitative estimate of drug-likeness (QED) is 0.427. The van der Waals surface area contributed by atoms with Crippen molar-refractivity contribution >= 4 is 23.2 Å². The third kappa shape index (κ3) is 6.26. The highest BCUT2D eigenvalue weighted by Crippen LogP contribution is 2.48. The summed E-state index contributed by atoms with van der Waals surface area (Å²) in [6.45, 7) is 4.35. The molecule has 2 aromatic rings. The number of hydrogen-bond donors (Lipinski definition) is 3. The normalized spacial score (nSPS) is 22.5. The van der Waals surface area contributed by atoms with Crippen LogP contribution in [0.2, 0.25) is 5.02 Å². The van der Waals surface area contributed by atoms with Crippen molar-refractivity contribution < 1.29 is 4.79 Å². The van der Waals surface area contributed by atoms with Crippen LogP contribution in [0, 0.1) is 11.3 Å². The Morgan fingerprint density at radius 3 is 2.81 bits per heavy atom. The number of nitrogens with zero attached hydrogens (tertiary/aromatic N) is 2. The number of benzene rings is 1. The van der Waals surface area contributed by atoms with Gasteiger partial charge < -0.3 is 20.5 Å². The lowest BCUT2D eigenvalue weighted by molar-refractivity contribution is 0.0682. The summed E-state index contributed by atoms with van der Waals surface area (Å²) in [7, 11) is 0. The van der Waals surface area contributed by atoms with Crippen LogP contribution in [0.5, 0.6) is 0 Å². The number of carbonyl (C=O) groups is 1. The number of halogens is 1. The van der Waals surface area contributed by atoms with Gasteiger partial charge in [-0.1, -0.05) is 37.3 Å². The first-order chi connectivity index (χ1) is 15.6. The maximum atomic E-state index is 12.9. The first kappa shape index (κ1) is 23.1. The van der Waals surface area contributed by atoms with E-state index < -0.39 is 0 Å². The Morgan fingerprint density at radius 2 is 2.03 bits per heavy atom. The zero-order valence-corrected chi connectivity index (χ0v) is 19.7. The molecule has 0 unspecified atom stereocenters. The maximum absolute atomic E-state index is 12.9. The van der Waals surface area contributed by atoms with E-state index in [0.29, 0.717) is 16.0 Å². The van der Waals surface area contributed by atoms with E-state index in [2.05, 4.69) is 25.5 Å². The first-order valence-electron chi connectivity index (χ1n) is 12.1. The number of nitrogens with one attached hydrogen (secondary N) is 3. The van der Waals surface area contributed by atoms with Crippen LogP contribution in [-0.2, 0) is 6.54 Å². The van der Waals surface area contributed by atoms with Crippen molar-refractivity contribution in [3.05, 3.63) is 47.5 Å². The van der Waals surface area contributed by atoms with Gasteiger partial charge in [-0.3, -0.25) is 4.79 Å². The summed E-state index contributed by atoms with van der Waals surface area (Å²) in [6.07, 6.45) is 15.8. The molecule has 2 bridgehead atoms. The highest BCUT2D eigenvalue weighted by atomic mass is 35.5. The molecule has 1 aromatic heterocycles. The van der Waals surface area contributed by atoms with Crippen molar-refractivity contribution in [3.63, 3.8) is 0 Å². The molecule has 1 aromatic carbocycles. The minimum absolute atomic E-state index is 0.0571. The van der Waals surface area contributed by atoms with Crippen molar-refractivity contribution in [2.24, 2.45) is 11.3 Å². The lowest BCUT2D eigenvalue weighted by atomic mass is 9.62. The van der Waals surface area contributed by atoms with Gasteiger partial charge in [-0.2, -0.15) is 0 Å². The zero-order chi connectivity index (χ0) is 22.2. The van der Waals surface area contributed by atoms with Gasteiger partial charge >= 0.3 is 0 Å². The number of anilines is 1. The highest BCUT2D eigenvalue weighted by Gasteiger charge is 2.39. The Kier molecular flexibility index (Phi) is 8.09. The molecule has 6 nitrogen and oxygen atoms in total. The fraction of sp³-hybridized carbons (Fsp3) is 0.600. The van der Waals surface area contributed by atoms with Crippen LogP contribution in [0.4, 0.5) is 5.69 Å². The molecule has 3 N–H and O–H groups in total. The lowest BCUT2D eigenvalue weighted by Gasteiger charge is -2.45. The van der Waals surface area contributed by atoms with Crippen molar-refractivity contribution in [2.75, 3.05) is 31.5 Å². The molecule has 0 atom stereocenters. The molecule has 1 heterocycles. The van der Waals surface area contributed by atoms with E-state index in [0.717, 1.165) is 50.7 Å². The Balaban J connectivity index is 1.20. The molecule has 32 heavy (non-hydrogen) atoms. The van der Waals surface area contributed by atoms with Crippen LogP contribution in [0.25, 0.3) is 0 Å². The summed E-state index contributed by atoms with van der Waals surface area (Å²) in [5.74, 6) is 0.809. The van der Waals surface area contributed by atoms with Gasteiger partial charge in [-0.25, -0.2) is 4.98 Å². The van der Waals surface area contributed by atoms with Gasteiger partial charge in [0.15, 0.2) is 0 Å². The third-order valence-electron chi connectivity index (χ3n) is 7.16. The van der Waals surface area contributed by atoms with Crippen LogP contribution in [0.1, 0.15) is 61.7 Å². The van der Waals surface area contributed by atoms with Gasteiger partial charge in [0.2, 0.25) is 0 Å². The Morgan fingerprint density at radius 1 is 1.19 bits per heavy atom. The van der Waals surface area contributed by atoms with Crippen LogP contribution in [0.15, 0.2) is 36.9 Å². The van der Waals surface area contributed by atoms with Crippen molar-refractivity contribution in [3.8, 4) is 0 Å². The molecule has 174 valence electrons. The number of amides is 1. The minimum atomic E-state index is -0.0571. The first-order valence-corrected chi connectivity index (χ1v) is 12.5. The van der Waals surface area contributed by atoms with E-state index in [1.807, 2.05) is 30.7 Å². The highest BCUT2D eigenvalue weighted by molar-refractivity contribution is 6.34. The fourth-order valence-electron chi connectivity index (χ4n) is 5.47. The second kappa shape index (κ2) is 11.2. The average Bonchev–Trinajstić information content (AvgIpc) is 3.31. The fourth-order valence-corrected chi connectivity index (χ4v) is 5.67. The van der Waals surface area contributed by atoms with E-state index in [1.54, 1.807) is 6.20 Å². The summed E-state index contributed by atoms with van der Waals surface area (Å²) in [5, 5.41) is 10.6. The van der Waals surface area contributed by atoms with Crippen LogP contribution in [0.3, 0.4) is 0 Å². The van der Waals surface area contributed by atoms with Crippen LogP contribution >= 0.6 is 11.6 Å². The number of fused-ring (bicyclic) bond motifs is 2. The summed E-state index contributed by atoms with van der Waals surface area (Å²) in [4.78, 5) is 17.0. The monoisotopic (exact) mass is 457 g/mol. The molecule has 0 saturated heterocycles. The topological polar surface area (TPSA) is 71.0 Å². The molecule has 4 rings (SSSR count). The molecule has 2 saturated carbocycles. The Hall–Kier alpha value is -2.05. The predicted molar refractivity (Wildman–Crippen MR) is 130 cm³/mol. The summed E-state index contributed by atoms with van der Waals surface area (Å²) < 4.78 is 2.08. The number of aromatic nitrogens is 2. The minimum Gasteiger partial charge on any atom is -0.384 e. The summed E-state index contributed by atoms with van der Waals surface area (Å²) in [6, 6.07) is 5.62. The molecular weight excluding hydrogens is 422 g/mol. The van der Waals surface area contributed by atoms with E-state index >= 15 is 0 Å². The average molecular weight is 458 g/mol. The molecule has 7 heteroatoms. The van der Waals surface area contributed by atoms with Gasteiger partial charge in [0.05, 0.1) is 16.9 Å². The molecule has 2 fully saturated rings. The van der Waals surface area contributed by atoms with Gasteiger partial charge in [0.25, 0.3) is 5.91 Å². The summed E-state index contributed by atoms with van der Waals surface area (Å²) in [5.41, 5.74) is 1.79. The van der Waals surface area contributed by atoms with Gasteiger partial charge in [0, 0.05) is 44.3 Å². The van der Waals surface area contributed by atoms with E-state index in [-0.39, 0.29) is 5.91 Å². The number of imidazole rings is 1. The maximum Gasteiger partial charge on any atom is 0.252 e.